The highest BCUT2D eigenvalue weighted by molar-refractivity contribution is 5.96. The molecule has 1 amide bonds. The highest BCUT2D eigenvalue weighted by Gasteiger charge is 2.21. The van der Waals surface area contributed by atoms with Crippen molar-refractivity contribution in [3.63, 3.8) is 0 Å². The highest BCUT2D eigenvalue weighted by Crippen LogP contribution is 2.13. The molecule has 2 N–H and O–H groups in total. The number of rotatable bonds is 4. The molecule has 0 aliphatic carbocycles. The van der Waals surface area contributed by atoms with Crippen molar-refractivity contribution in [2.24, 2.45) is 0 Å². The zero-order chi connectivity index (χ0) is 13.8. The second kappa shape index (κ2) is 5.51. The Bertz CT molecular complexity index is 580. The van der Waals surface area contributed by atoms with Crippen LogP contribution in [0.5, 0.6) is 0 Å². The average molecular weight is 260 g/mol. The molecule has 0 bridgehead atoms. The van der Waals surface area contributed by atoms with Crippen LogP contribution in [0.15, 0.2) is 28.9 Å². The minimum Gasteiger partial charge on any atom is -0.379 e. The Labute approximate surface area is 111 Å². The smallest absolute Gasteiger partial charge is 0.280 e. The zero-order valence-corrected chi connectivity index (χ0v) is 11.0. The molecule has 6 heteroatoms. The highest BCUT2D eigenvalue weighted by atomic mass is 16.6. The number of nitrogens with zero attached hydrogens (tertiary/aromatic N) is 3. The summed E-state index contributed by atoms with van der Waals surface area (Å²) >= 11 is 0. The monoisotopic (exact) mass is 260 g/mol. The van der Waals surface area contributed by atoms with Gasteiger partial charge in [0, 0.05) is 13.1 Å². The molecule has 0 aliphatic rings. The maximum Gasteiger partial charge on any atom is 0.280 e. The molecule has 0 fully saturated rings. The first-order valence-corrected chi connectivity index (χ1v) is 6.04. The molecule has 0 aliphatic heterocycles. The lowest BCUT2D eigenvalue weighted by molar-refractivity contribution is 0.0742. The third-order valence-electron chi connectivity index (χ3n) is 2.84. The van der Waals surface area contributed by atoms with Crippen LogP contribution in [0.4, 0.5) is 5.82 Å². The average Bonchev–Trinajstić information content (AvgIpc) is 2.81. The van der Waals surface area contributed by atoms with Crippen molar-refractivity contribution in [1.29, 1.82) is 0 Å². The molecule has 2 aromatic rings. The van der Waals surface area contributed by atoms with Gasteiger partial charge in [0.1, 0.15) is 0 Å². The van der Waals surface area contributed by atoms with E-state index in [4.69, 9.17) is 5.73 Å². The van der Waals surface area contributed by atoms with Crippen LogP contribution in [0.3, 0.4) is 0 Å². The Hall–Kier alpha value is -2.37. The van der Waals surface area contributed by atoms with Gasteiger partial charge in [-0.05, 0) is 29.7 Å². The normalized spacial score (nSPS) is 10.4. The van der Waals surface area contributed by atoms with Crippen molar-refractivity contribution < 1.29 is 9.42 Å². The summed E-state index contributed by atoms with van der Waals surface area (Å²) < 4.78 is 4.46. The molecule has 6 nitrogen and oxygen atoms in total. The summed E-state index contributed by atoms with van der Waals surface area (Å²) in [5, 5.41) is 6.96. The molecule has 19 heavy (non-hydrogen) atoms. The number of aromatic nitrogens is 2. The number of aryl methyl sites for hydroxylation is 1. The molecule has 0 saturated heterocycles. The fourth-order valence-electron chi connectivity index (χ4n) is 1.85. The van der Waals surface area contributed by atoms with Crippen LogP contribution >= 0.6 is 0 Å². The van der Waals surface area contributed by atoms with Gasteiger partial charge in [-0.1, -0.05) is 29.8 Å². The maximum atomic E-state index is 12.2. The lowest BCUT2D eigenvalue weighted by atomic mass is 10.1. The number of nitrogen functional groups attached to an aromatic ring is 1. The fourth-order valence-corrected chi connectivity index (χ4v) is 1.85. The van der Waals surface area contributed by atoms with E-state index in [1.165, 1.54) is 0 Å². The van der Waals surface area contributed by atoms with Crippen LogP contribution in [-0.2, 0) is 6.54 Å². The van der Waals surface area contributed by atoms with E-state index < -0.39 is 0 Å². The summed E-state index contributed by atoms with van der Waals surface area (Å²) in [5.41, 5.74) is 7.82. The van der Waals surface area contributed by atoms with E-state index in [1.807, 2.05) is 38.1 Å². The van der Waals surface area contributed by atoms with E-state index in [9.17, 15) is 4.79 Å². The summed E-state index contributed by atoms with van der Waals surface area (Å²) in [4.78, 5) is 13.9. The van der Waals surface area contributed by atoms with E-state index in [-0.39, 0.29) is 17.4 Å². The second-order valence-corrected chi connectivity index (χ2v) is 4.31. The van der Waals surface area contributed by atoms with Gasteiger partial charge in [-0.2, -0.15) is 0 Å². The van der Waals surface area contributed by atoms with Gasteiger partial charge in [0.25, 0.3) is 5.91 Å². The number of amides is 1. The van der Waals surface area contributed by atoms with E-state index in [0.29, 0.717) is 13.1 Å². The Morgan fingerprint density at radius 2 is 2.21 bits per heavy atom. The minimum absolute atomic E-state index is 0.0210. The van der Waals surface area contributed by atoms with Crippen LogP contribution in [0.25, 0.3) is 0 Å². The Kier molecular flexibility index (Phi) is 3.79. The first kappa shape index (κ1) is 13.1. The van der Waals surface area contributed by atoms with E-state index in [2.05, 4.69) is 14.9 Å². The molecule has 1 aromatic heterocycles. The number of hydrogen-bond acceptors (Lipinski definition) is 5. The standard InChI is InChI=1S/C13H16N4O2/c1-3-17(8-10-6-4-5-9(2)7-10)13(18)11-12(14)16-19-15-11/h4-7H,3,8H2,1-2H3,(H2,14,16). The van der Waals surface area contributed by atoms with Crippen LogP contribution in [-0.4, -0.2) is 27.7 Å². The maximum absolute atomic E-state index is 12.2. The van der Waals surface area contributed by atoms with Gasteiger partial charge in [-0.25, -0.2) is 4.63 Å². The summed E-state index contributed by atoms with van der Waals surface area (Å²) in [6.07, 6.45) is 0. The minimum atomic E-state index is -0.275. The molecule has 100 valence electrons. The fraction of sp³-hybridized carbons (Fsp3) is 0.308. The number of anilines is 1. The van der Waals surface area contributed by atoms with Gasteiger partial charge >= 0.3 is 0 Å². The van der Waals surface area contributed by atoms with Crippen molar-refractivity contribution in [2.45, 2.75) is 20.4 Å². The molecular formula is C13H16N4O2. The third-order valence-corrected chi connectivity index (χ3v) is 2.84. The molecule has 0 saturated carbocycles. The molecule has 1 aromatic carbocycles. The number of hydrogen-bond donors (Lipinski definition) is 1. The third kappa shape index (κ3) is 2.90. The molecule has 0 atom stereocenters. The van der Waals surface area contributed by atoms with Crippen molar-refractivity contribution in [3.8, 4) is 0 Å². The molecule has 2 rings (SSSR count). The molecule has 0 unspecified atom stereocenters. The predicted molar refractivity (Wildman–Crippen MR) is 70.3 cm³/mol. The Morgan fingerprint density at radius 1 is 1.42 bits per heavy atom. The zero-order valence-electron chi connectivity index (χ0n) is 11.0. The summed E-state index contributed by atoms with van der Waals surface area (Å²) in [6.45, 7) is 4.97. The van der Waals surface area contributed by atoms with E-state index >= 15 is 0 Å². The van der Waals surface area contributed by atoms with Gasteiger partial charge in [0.05, 0.1) is 0 Å². The Balaban J connectivity index is 2.17. The van der Waals surface area contributed by atoms with Crippen LogP contribution in [0, 0.1) is 6.92 Å². The SMILES string of the molecule is CCN(Cc1cccc(C)c1)C(=O)c1nonc1N. The van der Waals surface area contributed by atoms with Crippen LogP contribution < -0.4 is 5.73 Å². The van der Waals surface area contributed by atoms with Gasteiger partial charge in [0.2, 0.25) is 11.5 Å². The van der Waals surface area contributed by atoms with Gasteiger partial charge < -0.3 is 10.6 Å². The summed E-state index contributed by atoms with van der Waals surface area (Å²) in [6, 6.07) is 8.00. The first-order chi connectivity index (χ1) is 9.11. The molecule has 1 heterocycles. The molecule has 0 spiro atoms. The van der Waals surface area contributed by atoms with E-state index in [0.717, 1.165) is 11.1 Å². The second-order valence-electron chi connectivity index (χ2n) is 4.31. The number of benzene rings is 1. The first-order valence-electron chi connectivity index (χ1n) is 6.04. The molecule has 0 radical (unpaired) electrons. The topological polar surface area (TPSA) is 85.2 Å². The quantitative estimate of drug-likeness (QED) is 0.902. The van der Waals surface area contributed by atoms with Crippen LogP contribution in [0.2, 0.25) is 0 Å². The predicted octanol–water partition coefficient (Wildman–Crippen LogP) is 1.62. The van der Waals surface area contributed by atoms with Crippen molar-refractivity contribution >= 4 is 11.7 Å². The summed E-state index contributed by atoms with van der Waals surface area (Å²) in [7, 11) is 0. The van der Waals surface area contributed by atoms with Gasteiger partial charge in [-0.15, -0.1) is 0 Å². The van der Waals surface area contributed by atoms with E-state index in [1.54, 1.807) is 4.90 Å². The van der Waals surface area contributed by atoms with Crippen LogP contribution in [0.1, 0.15) is 28.5 Å². The number of carbonyl (C=O) groups is 1. The Morgan fingerprint density at radius 3 is 2.79 bits per heavy atom. The van der Waals surface area contributed by atoms with Crippen molar-refractivity contribution in [2.75, 3.05) is 12.3 Å². The lowest BCUT2D eigenvalue weighted by Gasteiger charge is -2.19. The molecular weight excluding hydrogens is 244 g/mol. The summed E-state index contributed by atoms with van der Waals surface area (Å²) in [5.74, 6) is -0.254. The van der Waals surface area contributed by atoms with Crippen molar-refractivity contribution in [3.05, 3.63) is 41.1 Å². The lowest BCUT2D eigenvalue weighted by Crippen LogP contribution is -2.31. The van der Waals surface area contributed by atoms with Gasteiger partial charge in [0.15, 0.2) is 0 Å². The largest absolute Gasteiger partial charge is 0.379 e. The van der Waals surface area contributed by atoms with Crippen molar-refractivity contribution in [1.82, 2.24) is 15.2 Å². The number of carbonyl (C=O) groups excluding carboxylic acids is 1. The van der Waals surface area contributed by atoms with Gasteiger partial charge in [-0.3, -0.25) is 4.79 Å². The number of nitrogens with two attached hydrogens (primary N) is 1.